The second-order valence-corrected chi connectivity index (χ2v) is 9.60. The summed E-state index contributed by atoms with van der Waals surface area (Å²) in [5.41, 5.74) is 0. The van der Waals surface area contributed by atoms with Crippen molar-refractivity contribution in [3.8, 4) is 0 Å². The molecule has 0 saturated heterocycles. The lowest BCUT2D eigenvalue weighted by Crippen LogP contribution is -2.29. The third-order valence-electron chi connectivity index (χ3n) is 6.30. The molecule has 23 heavy (non-hydrogen) atoms. The van der Waals surface area contributed by atoms with Gasteiger partial charge >= 0.3 is 0 Å². The molecule has 0 bridgehead atoms. The SMILES string of the molecule is CC(C)CCCCCCCC1CCCC(C(C(C)C)C(C)C)C1. The first kappa shape index (κ1) is 21.0. The first-order chi connectivity index (χ1) is 10.9. The number of hydrogen-bond acceptors (Lipinski definition) is 0. The van der Waals surface area contributed by atoms with Gasteiger partial charge in [-0.1, -0.05) is 106 Å². The summed E-state index contributed by atoms with van der Waals surface area (Å²) in [6.45, 7) is 14.5. The third kappa shape index (κ3) is 8.59. The zero-order chi connectivity index (χ0) is 17.2. The second kappa shape index (κ2) is 11.5. The van der Waals surface area contributed by atoms with E-state index in [-0.39, 0.29) is 0 Å². The average Bonchev–Trinajstić information content (AvgIpc) is 2.45. The molecule has 0 radical (unpaired) electrons. The van der Waals surface area contributed by atoms with Crippen molar-refractivity contribution in [1.29, 1.82) is 0 Å². The summed E-state index contributed by atoms with van der Waals surface area (Å²) in [6.07, 6.45) is 16.4. The molecule has 0 N–H and O–H groups in total. The Kier molecular flexibility index (Phi) is 10.6. The van der Waals surface area contributed by atoms with Gasteiger partial charge in [0.25, 0.3) is 0 Å². The molecule has 1 aliphatic carbocycles. The minimum Gasteiger partial charge on any atom is -0.0628 e. The molecule has 0 aromatic carbocycles. The van der Waals surface area contributed by atoms with E-state index in [1.54, 1.807) is 0 Å². The summed E-state index contributed by atoms with van der Waals surface area (Å²) >= 11 is 0. The van der Waals surface area contributed by atoms with Gasteiger partial charge in [0.1, 0.15) is 0 Å². The molecule has 0 heteroatoms. The Hall–Kier alpha value is 0. The summed E-state index contributed by atoms with van der Waals surface area (Å²) in [5.74, 6) is 5.63. The van der Waals surface area contributed by atoms with Crippen molar-refractivity contribution >= 4 is 0 Å². The molecule has 0 aromatic heterocycles. The smallest absolute Gasteiger partial charge is 0.0339 e. The fourth-order valence-corrected chi connectivity index (χ4v) is 5.32. The topological polar surface area (TPSA) is 0 Å². The van der Waals surface area contributed by atoms with Crippen LogP contribution in [0.4, 0.5) is 0 Å². The molecule has 1 fully saturated rings. The molecular formula is C23H46. The predicted octanol–water partition coefficient (Wildman–Crippen LogP) is 8.11. The molecule has 1 aliphatic rings. The average molecular weight is 323 g/mol. The van der Waals surface area contributed by atoms with Crippen LogP contribution in [0.2, 0.25) is 0 Å². The number of rotatable bonds is 11. The van der Waals surface area contributed by atoms with Crippen LogP contribution in [0, 0.1) is 35.5 Å². The minimum absolute atomic E-state index is 0.861. The quantitative estimate of drug-likeness (QED) is 0.337. The molecule has 138 valence electrons. The van der Waals surface area contributed by atoms with Crippen molar-refractivity contribution in [3.05, 3.63) is 0 Å². The van der Waals surface area contributed by atoms with Crippen LogP contribution in [0.25, 0.3) is 0 Å². The molecular weight excluding hydrogens is 276 g/mol. The standard InChI is InChI=1S/C23H46/c1-18(2)13-10-8-7-9-11-14-21-15-12-16-22(17-21)23(19(3)4)20(5)6/h18-23H,7-17H2,1-6H3. The lowest BCUT2D eigenvalue weighted by Gasteiger charge is -2.39. The second-order valence-electron chi connectivity index (χ2n) is 9.60. The van der Waals surface area contributed by atoms with E-state index < -0.39 is 0 Å². The highest BCUT2D eigenvalue weighted by atomic mass is 14.4. The molecule has 2 unspecified atom stereocenters. The maximum atomic E-state index is 2.45. The van der Waals surface area contributed by atoms with Crippen LogP contribution in [0.15, 0.2) is 0 Å². The van der Waals surface area contributed by atoms with Crippen LogP contribution in [-0.2, 0) is 0 Å². The lowest BCUT2D eigenvalue weighted by atomic mass is 9.67. The summed E-state index contributed by atoms with van der Waals surface area (Å²) in [7, 11) is 0. The van der Waals surface area contributed by atoms with E-state index in [2.05, 4.69) is 41.5 Å². The monoisotopic (exact) mass is 322 g/mol. The van der Waals surface area contributed by atoms with E-state index in [0.717, 1.165) is 35.5 Å². The van der Waals surface area contributed by atoms with Gasteiger partial charge in [0.15, 0.2) is 0 Å². The molecule has 0 nitrogen and oxygen atoms in total. The Balaban J connectivity index is 2.20. The van der Waals surface area contributed by atoms with Gasteiger partial charge in [-0.05, 0) is 41.9 Å². The van der Waals surface area contributed by atoms with Gasteiger partial charge in [-0.2, -0.15) is 0 Å². The molecule has 0 heterocycles. The number of hydrogen-bond donors (Lipinski definition) is 0. The lowest BCUT2D eigenvalue weighted by molar-refractivity contribution is 0.115. The highest BCUT2D eigenvalue weighted by molar-refractivity contribution is 4.81. The van der Waals surface area contributed by atoms with Crippen molar-refractivity contribution in [1.82, 2.24) is 0 Å². The Labute approximate surface area is 148 Å². The molecule has 0 spiro atoms. The van der Waals surface area contributed by atoms with Crippen LogP contribution >= 0.6 is 0 Å². The van der Waals surface area contributed by atoms with E-state index in [1.807, 2.05) is 0 Å². The highest BCUT2D eigenvalue weighted by Gasteiger charge is 2.31. The summed E-state index contributed by atoms with van der Waals surface area (Å²) in [4.78, 5) is 0. The Morgan fingerprint density at radius 2 is 1.35 bits per heavy atom. The Morgan fingerprint density at radius 3 is 1.96 bits per heavy atom. The molecule has 2 atom stereocenters. The van der Waals surface area contributed by atoms with Gasteiger partial charge in [-0.15, -0.1) is 0 Å². The van der Waals surface area contributed by atoms with Crippen LogP contribution in [0.5, 0.6) is 0 Å². The maximum Gasteiger partial charge on any atom is -0.0339 e. The van der Waals surface area contributed by atoms with Crippen molar-refractivity contribution in [2.24, 2.45) is 35.5 Å². The number of unbranched alkanes of at least 4 members (excludes halogenated alkanes) is 4. The Bertz CT molecular complexity index is 268. The summed E-state index contributed by atoms with van der Waals surface area (Å²) < 4.78 is 0. The molecule has 1 rings (SSSR count). The van der Waals surface area contributed by atoms with Gasteiger partial charge in [-0.3, -0.25) is 0 Å². The van der Waals surface area contributed by atoms with E-state index in [1.165, 1.54) is 70.6 Å². The van der Waals surface area contributed by atoms with Crippen LogP contribution in [0.3, 0.4) is 0 Å². The van der Waals surface area contributed by atoms with Gasteiger partial charge < -0.3 is 0 Å². The molecule has 1 saturated carbocycles. The third-order valence-corrected chi connectivity index (χ3v) is 6.30. The van der Waals surface area contributed by atoms with E-state index in [4.69, 9.17) is 0 Å². The van der Waals surface area contributed by atoms with E-state index in [9.17, 15) is 0 Å². The zero-order valence-electron chi connectivity index (χ0n) is 17.2. The van der Waals surface area contributed by atoms with Crippen LogP contribution in [-0.4, -0.2) is 0 Å². The first-order valence-electron chi connectivity index (χ1n) is 10.9. The Morgan fingerprint density at radius 1 is 0.739 bits per heavy atom. The van der Waals surface area contributed by atoms with E-state index in [0.29, 0.717) is 0 Å². The minimum atomic E-state index is 0.861. The van der Waals surface area contributed by atoms with Crippen molar-refractivity contribution in [3.63, 3.8) is 0 Å². The van der Waals surface area contributed by atoms with Crippen molar-refractivity contribution in [2.75, 3.05) is 0 Å². The van der Waals surface area contributed by atoms with Crippen molar-refractivity contribution in [2.45, 2.75) is 112 Å². The normalized spacial score (nSPS) is 22.7. The predicted molar refractivity (Wildman–Crippen MR) is 106 cm³/mol. The molecule has 0 amide bonds. The largest absolute Gasteiger partial charge is 0.0628 e. The van der Waals surface area contributed by atoms with Gasteiger partial charge in [-0.25, -0.2) is 0 Å². The van der Waals surface area contributed by atoms with Crippen LogP contribution in [0.1, 0.15) is 112 Å². The fraction of sp³-hybridized carbons (Fsp3) is 1.00. The zero-order valence-corrected chi connectivity index (χ0v) is 17.2. The van der Waals surface area contributed by atoms with Crippen molar-refractivity contribution < 1.29 is 0 Å². The van der Waals surface area contributed by atoms with E-state index >= 15 is 0 Å². The first-order valence-corrected chi connectivity index (χ1v) is 10.9. The summed E-state index contributed by atoms with van der Waals surface area (Å²) in [6, 6.07) is 0. The molecule has 0 aliphatic heterocycles. The molecule has 0 aromatic rings. The highest BCUT2D eigenvalue weighted by Crippen LogP contribution is 2.41. The van der Waals surface area contributed by atoms with Gasteiger partial charge in [0.05, 0.1) is 0 Å². The van der Waals surface area contributed by atoms with Crippen LogP contribution < -0.4 is 0 Å². The summed E-state index contributed by atoms with van der Waals surface area (Å²) in [5, 5.41) is 0. The maximum absolute atomic E-state index is 2.45. The fourth-order valence-electron chi connectivity index (χ4n) is 5.32. The van der Waals surface area contributed by atoms with Gasteiger partial charge in [0.2, 0.25) is 0 Å². The van der Waals surface area contributed by atoms with Gasteiger partial charge in [0, 0.05) is 0 Å².